The zero-order valence-corrected chi connectivity index (χ0v) is 20.8. The molecule has 0 saturated heterocycles. The van der Waals surface area contributed by atoms with Gasteiger partial charge in [-0.15, -0.1) is 0 Å². The summed E-state index contributed by atoms with van der Waals surface area (Å²) in [4.78, 5) is 28.6. The van der Waals surface area contributed by atoms with Crippen molar-refractivity contribution in [2.24, 2.45) is 0 Å². The van der Waals surface area contributed by atoms with Crippen LogP contribution in [0, 0.1) is 0 Å². The van der Waals surface area contributed by atoms with Gasteiger partial charge in [-0.2, -0.15) is 0 Å². The molecule has 7 heteroatoms. The van der Waals surface area contributed by atoms with Crippen molar-refractivity contribution >= 4 is 11.8 Å². The standard InChI is InChI=1S/C28H36N2O5/c1-3-24(28(32)29-22-8-4-5-9-22)30(19-21-7-6-10-23(17-21)33-2)27(31)14-12-20-11-13-25-26(18-20)35-16-15-34-25/h6-7,10-11,13,17-18,22,24H,3-5,8-9,12,14-16,19H2,1-2H3,(H,29,32)/t24-/m0/s1. The number of amides is 2. The summed E-state index contributed by atoms with van der Waals surface area (Å²) in [5.41, 5.74) is 1.94. The Hall–Kier alpha value is -3.22. The van der Waals surface area contributed by atoms with Gasteiger partial charge in [-0.3, -0.25) is 9.59 Å². The monoisotopic (exact) mass is 480 g/mol. The highest BCUT2D eigenvalue weighted by atomic mass is 16.6. The van der Waals surface area contributed by atoms with Crippen LogP contribution in [0.3, 0.4) is 0 Å². The molecule has 1 aliphatic heterocycles. The number of carbonyl (C=O) groups excluding carboxylic acids is 2. The van der Waals surface area contributed by atoms with Crippen molar-refractivity contribution < 1.29 is 23.8 Å². The van der Waals surface area contributed by atoms with Gasteiger partial charge >= 0.3 is 0 Å². The molecule has 188 valence electrons. The molecule has 7 nitrogen and oxygen atoms in total. The molecular weight excluding hydrogens is 444 g/mol. The summed E-state index contributed by atoms with van der Waals surface area (Å²) in [5.74, 6) is 2.08. The molecule has 2 aromatic rings. The van der Waals surface area contributed by atoms with Gasteiger partial charge in [-0.05, 0) is 61.1 Å². The quantitative estimate of drug-likeness (QED) is 0.550. The number of benzene rings is 2. The lowest BCUT2D eigenvalue weighted by atomic mass is 10.0. The minimum absolute atomic E-state index is 0.0452. The van der Waals surface area contributed by atoms with Crippen LogP contribution in [0.1, 0.15) is 56.6 Å². The number of carbonyl (C=O) groups is 2. The van der Waals surface area contributed by atoms with Crippen LogP contribution >= 0.6 is 0 Å². The number of ether oxygens (including phenoxy) is 3. The topological polar surface area (TPSA) is 77.1 Å². The fraction of sp³-hybridized carbons (Fsp3) is 0.500. The van der Waals surface area contributed by atoms with E-state index in [0.29, 0.717) is 39.0 Å². The summed E-state index contributed by atoms with van der Waals surface area (Å²) in [6, 6.07) is 13.2. The van der Waals surface area contributed by atoms with Gasteiger partial charge in [0.25, 0.3) is 0 Å². The van der Waals surface area contributed by atoms with Gasteiger partial charge in [0, 0.05) is 19.0 Å². The number of nitrogens with zero attached hydrogens (tertiary/aromatic N) is 1. The summed E-state index contributed by atoms with van der Waals surface area (Å²) in [5, 5.41) is 3.19. The molecule has 2 amide bonds. The maximum Gasteiger partial charge on any atom is 0.243 e. The fourth-order valence-electron chi connectivity index (χ4n) is 4.89. The third-order valence-corrected chi connectivity index (χ3v) is 6.81. The van der Waals surface area contributed by atoms with E-state index < -0.39 is 6.04 Å². The van der Waals surface area contributed by atoms with Crippen LogP contribution in [0.5, 0.6) is 17.2 Å². The largest absolute Gasteiger partial charge is 0.497 e. The van der Waals surface area contributed by atoms with Crippen molar-refractivity contribution in [3.8, 4) is 17.2 Å². The Kier molecular flexibility index (Phi) is 8.50. The highest BCUT2D eigenvalue weighted by molar-refractivity contribution is 5.88. The van der Waals surface area contributed by atoms with E-state index in [-0.39, 0.29) is 17.9 Å². The first-order chi connectivity index (χ1) is 17.1. The van der Waals surface area contributed by atoms with Crippen LogP contribution in [-0.4, -0.2) is 49.1 Å². The third-order valence-electron chi connectivity index (χ3n) is 6.81. The molecule has 4 rings (SSSR count). The van der Waals surface area contributed by atoms with Crippen molar-refractivity contribution in [1.82, 2.24) is 10.2 Å². The van der Waals surface area contributed by atoms with Gasteiger partial charge in [0.05, 0.1) is 7.11 Å². The molecule has 0 unspecified atom stereocenters. The van der Waals surface area contributed by atoms with E-state index in [1.54, 1.807) is 12.0 Å². The lowest BCUT2D eigenvalue weighted by Crippen LogP contribution is -2.51. The summed E-state index contributed by atoms with van der Waals surface area (Å²) < 4.78 is 16.6. The zero-order chi connectivity index (χ0) is 24.6. The molecule has 1 fully saturated rings. The van der Waals surface area contributed by atoms with Gasteiger partial charge in [0.1, 0.15) is 25.0 Å². The molecule has 0 aromatic heterocycles. The number of fused-ring (bicyclic) bond motifs is 1. The summed E-state index contributed by atoms with van der Waals surface area (Å²) in [6.07, 6.45) is 5.72. The number of hydrogen-bond donors (Lipinski definition) is 1. The third kappa shape index (κ3) is 6.47. The lowest BCUT2D eigenvalue weighted by molar-refractivity contribution is -0.141. The first-order valence-electron chi connectivity index (χ1n) is 12.7. The van der Waals surface area contributed by atoms with E-state index in [4.69, 9.17) is 14.2 Å². The Morgan fingerprint density at radius 3 is 2.57 bits per heavy atom. The van der Waals surface area contributed by atoms with Gasteiger partial charge < -0.3 is 24.4 Å². The van der Waals surface area contributed by atoms with Crippen LogP contribution in [0.25, 0.3) is 0 Å². The van der Waals surface area contributed by atoms with Crippen molar-refractivity contribution in [2.45, 2.75) is 70.5 Å². The number of hydrogen-bond acceptors (Lipinski definition) is 5. The van der Waals surface area contributed by atoms with Crippen molar-refractivity contribution in [1.29, 1.82) is 0 Å². The van der Waals surface area contributed by atoms with E-state index in [1.807, 2.05) is 49.4 Å². The highest BCUT2D eigenvalue weighted by Gasteiger charge is 2.30. The Morgan fingerprint density at radius 2 is 1.83 bits per heavy atom. The van der Waals surface area contributed by atoms with Gasteiger partial charge in [-0.25, -0.2) is 0 Å². The van der Waals surface area contributed by atoms with Crippen molar-refractivity contribution in [3.63, 3.8) is 0 Å². The number of methoxy groups -OCH3 is 1. The Balaban J connectivity index is 1.49. The smallest absolute Gasteiger partial charge is 0.243 e. The minimum Gasteiger partial charge on any atom is -0.497 e. The molecule has 1 N–H and O–H groups in total. The minimum atomic E-state index is -0.519. The average molecular weight is 481 g/mol. The van der Waals surface area contributed by atoms with Gasteiger partial charge in [0.15, 0.2) is 11.5 Å². The van der Waals surface area contributed by atoms with Crippen LogP contribution < -0.4 is 19.5 Å². The maximum atomic E-state index is 13.6. The van der Waals surface area contributed by atoms with Crippen LogP contribution in [-0.2, 0) is 22.6 Å². The van der Waals surface area contributed by atoms with E-state index >= 15 is 0 Å². The predicted molar refractivity (Wildman–Crippen MR) is 134 cm³/mol. The molecule has 1 atom stereocenters. The van der Waals surface area contributed by atoms with Crippen LogP contribution in [0.4, 0.5) is 0 Å². The molecule has 1 aliphatic carbocycles. The molecular formula is C28H36N2O5. The van der Waals surface area contributed by atoms with Crippen molar-refractivity contribution in [3.05, 3.63) is 53.6 Å². The molecule has 2 aliphatic rings. The van der Waals surface area contributed by atoms with Crippen LogP contribution in [0.2, 0.25) is 0 Å². The number of aryl methyl sites for hydroxylation is 1. The molecule has 0 radical (unpaired) electrons. The molecule has 1 saturated carbocycles. The Bertz CT molecular complexity index is 1020. The number of nitrogens with one attached hydrogen (secondary N) is 1. The predicted octanol–water partition coefficient (Wildman–Crippen LogP) is 4.27. The number of rotatable bonds is 10. The SMILES string of the molecule is CC[C@@H](C(=O)NC1CCCC1)N(Cc1cccc(OC)c1)C(=O)CCc1ccc2c(c1)OCCO2. The molecule has 0 spiro atoms. The molecule has 0 bridgehead atoms. The average Bonchev–Trinajstić information content (AvgIpc) is 3.40. The lowest BCUT2D eigenvalue weighted by Gasteiger charge is -2.31. The first kappa shape index (κ1) is 24.9. The zero-order valence-electron chi connectivity index (χ0n) is 20.8. The second-order valence-electron chi connectivity index (χ2n) is 9.27. The highest BCUT2D eigenvalue weighted by Crippen LogP contribution is 2.31. The summed E-state index contributed by atoms with van der Waals surface area (Å²) in [6.45, 7) is 3.39. The second kappa shape index (κ2) is 12.0. The van der Waals surface area contributed by atoms with Crippen LogP contribution in [0.15, 0.2) is 42.5 Å². The maximum absolute atomic E-state index is 13.6. The first-order valence-corrected chi connectivity index (χ1v) is 12.7. The fourth-order valence-corrected chi connectivity index (χ4v) is 4.89. The summed E-state index contributed by atoms with van der Waals surface area (Å²) >= 11 is 0. The van der Waals surface area contributed by atoms with E-state index in [0.717, 1.165) is 54.1 Å². The van der Waals surface area contributed by atoms with E-state index in [2.05, 4.69) is 5.32 Å². The molecule has 35 heavy (non-hydrogen) atoms. The molecule has 1 heterocycles. The second-order valence-corrected chi connectivity index (χ2v) is 9.27. The van der Waals surface area contributed by atoms with Gasteiger partial charge in [-0.1, -0.05) is 38.0 Å². The van der Waals surface area contributed by atoms with E-state index in [9.17, 15) is 9.59 Å². The molecule has 2 aromatic carbocycles. The normalized spacial score (nSPS) is 15.9. The van der Waals surface area contributed by atoms with E-state index in [1.165, 1.54) is 0 Å². The Labute approximate surface area is 207 Å². The van der Waals surface area contributed by atoms with Crippen molar-refractivity contribution in [2.75, 3.05) is 20.3 Å². The summed E-state index contributed by atoms with van der Waals surface area (Å²) in [7, 11) is 1.62. The van der Waals surface area contributed by atoms with Gasteiger partial charge in [0.2, 0.25) is 11.8 Å². The Morgan fingerprint density at radius 1 is 1.06 bits per heavy atom.